The number of allylic oxidation sites excluding steroid dienone is 1. The maximum absolute atomic E-state index is 6.03. The van der Waals surface area contributed by atoms with E-state index in [1.807, 2.05) is 55.3 Å². The van der Waals surface area contributed by atoms with Gasteiger partial charge in [0.25, 0.3) is 0 Å². The molecule has 5 rings (SSSR count). The number of aliphatic imine (C=N–C) groups is 2. The Labute approximate surface area is 165 Å². The summed E-state index contributed by atoms with van der Waals surface area (Å²) in [5.41, 5.74) is 3.45. The first-order chi connectivity index (χ1) is 13.8. The van der Waals surface area contributed by atoms with E-state index < -0.39 is 0 Å². The predicted octanol–water partition coefficient (Wildman–Crippen LogP) is 5.32. The molecule has 3 aliphatic rings. The van der Waals surface area contributed by atoms with Crippen LogP contribution in [0, 0.1) is 6.92 Å². The lowest BCUT2D eigenvalue weighted by Gasteiger charge is -2.47. The van der Waals surface area contributed by atoms with Crippen molar-refractivity contribution in [3.8, 4) is 11.5 Å². The molecule has 140 valence electrons. The second-order valence-electron chi connectivity index (χ2n) is 7.43. The van der Waals surface area contributed by atoms with Gasteiger partial charge in [-0.15, -0.1) is 4.59 Å². The topological polar surface area (TPSA) is 37.2 Å². The fourth-order valence-electron chi connectivity index (χ4n) is 3.98. The Morgan fingerprint density at radius 2 is 1.89 bits per heavy atom. The minimum atomic E-state index is 0.476. The van der Waals surface area contributed by atoms with Crippen molar-refractivity contribution >= 4 is 18.2 Å². The molecule has 5 heteroatoms. The quantitative estimate of drug-likeness (QED) is 0.667. The molecule has 0 radical (unpaired) electrons. The highest BCUT2D eigenvalue weighted by atomic mass is 16.5. The van der Waals surface area contributed by atoms with Gasteiger partial charge in [-0.2, -0.15) is 0 Å². The molecule has 2 aliphatic heterocycles. The van der Waals surface area contributed by atoms with Crippen molar-refractivity contribution in [2.75, 3.05) is 5.01 Å². The molecule has 0 aromatic heterocycles. The molecular formula is C23H23N4O+. The summed E-state index contributed by atoms with van der Waals surface area (Å²) in [5, 5.41) is 2.47. The first-order valence-electron chi connectivity index (χ1n) is 9.74. The van der Waals surface area contributed by atoms with Crippen LogP contribution in [-0.2, 0) is 0 Å². The minimum Gasteiger partial charge on any atom is -0.457 e. The molecule has 1 aliphatic carbocycles. The van der Waals surface area contributed by atoms with Gasteiger partial charge in [0, 0.05) is 0 Å². The monoisotopic (exact) mass is 371 g/mol. The zero-order chi connectivity index (χ0) is 19.0. The Morgan fingerprint density at radius 3 is 2.64 bits per heavy atom. The lowest BCUT2D eigenvalue weighted by molar-refractivity contribution is -0.746. The molecule has 0 N–H and O–H groups in total. The number of rotatable bonds is 5. The van der Waals surface area contributed by atoms with Crippen LogP contribution < -0.4 is 9.75 Å². The number of hydrogen-bond acceptors (Lipinski definition) is 4. The van der Waals surface area contributed by atoms with Crippen molar-refractivity contribution in [2.45, 2.75) is 32.2 Å². The summed E-state index contributed by atoms with van der Waals surface area (Å²) in [5.74, 6) is 1.70. The van der Waals surface area contributed by atoms with E-state index >= 15 is 0 Å². The third kappa shape index (κ3) is 2.75. The Bertz CT molecular complexity index is 1000. The lowest BCUT2D eigenvalue weighted by atomic mass is 9.91. The van der Waals surface area contributed by atoms with Gasteiger partial charge in [0.1, 0.15) is 11.5 Å². The number of ether oxygens (including phenoxy) is 1. The summed E-state index contributed by atoms with van der Waals surface area (Å²) in [6.07, 6.45) is 13.4. The van der Waals surface area contributed by atoms with Crippen LogP contribution in [0.3, 0.4) is 0 Å². The van der Waals surface area contributed by atoms with Gasteiger partial charge in [-0.1, -0.05) is 18.2 Å². The molecule has 1 saturated carbocycles. The number of benzene rings is 2. The highest BCUT2D eigenvalue weighted by Crippen LogP contribution is 2.41. The van der Waals surface area contributed by atoms with Gasteiger partial charge in [-0.05, 0) is 62.1 Å². The van der Waals surface area contributed by atoms with Crippen LogP contribution >= 0.6 is 0 Å². The summed E-state index contributed by atoms with van der Waals surface area (Å²) < 4.78 is 6.51. The molecule has 0 bridgehead atoms. The number of nitrogens with zero attached hydrogens (tertiary/aromatic N) is 4. The maximum atomic E-state index is 6.03. The van der Waals surface area contributed by atoms with Gasteiger partial charge in [0.2, 0.25) is 12.0 Å². The fourth-order valence-corrected chi connectivity index (χ4v) is 3.98. The number of para-hydroxylation sites is 1. The van der Waals surface area contributed by atoms with Crippen LogP contribution in [0.1, 0.15) is 24.8 Å². The summed E-state index contributed by atoms with van der Waals surface area (Å²) in [7, 11) is 0. The van der Waals surface area contributed by atoms with Gasteiger partial charge in [-0.25, -0.2) is 10.0 Å². The molecule has 1 fully saturated rings. The highest BCUT2D eigenvalue weighted by molar-refractivity contribution is 5.82. The molecule has 2 aromatic carbocycles. The van der Waals surface area contributed by atoms with Gasteiger partial charge in [0.05, 0.1) is 30.3 Å². The van der Waals surface area contributed by atoms with Gasteiger partial charge < -0.3 is 4.74 Å². The van der Waals surface area contributed by atoms with Gasteiger partial charge >= 0.3 is 0 Å². The molecular weight excluding hydrogens is 348 g/mol. The van der Waals surface area contributed by atoms with Crippen molar-refractivity contribution in [1.82, 2.24) is 0 Å². The molecule has 0 saturated heterocycles. The van der Waals surface area contributed by atoms with Crippen molar-refractivity contribution in [3.63, 3.8) is 0 Å². The van der Waals surface area contributed by atoms with Crippen molar-refractivity contribution in [3.05, 3.63) is 78.4 Å². The largest absolute Gasteiger partial charge is 0.457 e. The van der Waals surface area contributed by atoms with E-state index in [0.717, 1.165) is 17.2 Å². The third-order valence-electron chi connectivity index (χ3n) is 5.62. The lowest BCUT2D eigenvalue weighted by Crippen LogP contribution is -2.61. The second kappa shape index (κ2) is 6.77. The third-order valence-corrected chi connectivity index (χ3v) is 5.62. The number of hydrogen-bond donors (Lipinski definition) is 0. The minimum absolute atomic E-state index is 0.476. The molecule has 28 heavy (non-hydrogen) atoms. The molecule has 2 heterocycles. The average Bonchev–Trinajstić information content (AvgIpc) is 3.11. The number of anilines is 1. The Kier molecular flexibility index (Phi) is 4.10. The van der Waals surface area contributed by atoms with Crippen molar-refractivity contribution in [2.24, 2.45) is 9.98 Å². The van der Waals surface area contributed by atoms with E-state index in [0.29, 0.717) is 10.6 Å². The normalized spacial score (nSPS) is 22.5. The summed E-state index contributed by atoms with van der Waals surface area (Å²) in [6.45, 7) is 2.15. The van der Waals surface area contributed by atoms with Crippen LogP contribution in [0.15, 0.2) is 82.8 Å². The van der Waals surface area contributed by atoms with E-state index in [-0.39, 0.29) is 0 Å². The molecule has 0 amide bonds. The average molecular weight is 371 g/mol. The number of quaternary nitrogens is 1. The van der Waals surface area contributed by atoms with E-state index in [1.165, 1.54) is 30.5 Å². The SMILES string of the molecule is Cc1cc(Oc2ccccc2)ccc1N(C1CCC1)[N+]12C=CN=CC1=CN=C2. The van der Waals surface area contributed by atoms with E-state index in [1.54, 1.807) is 0 Å². The Balaban J connectivity index is 1.52. The first kappa shape index (κ1) is 17.0. The maximum Gasteiger partial charge on any atom is 0.225 e. The number of fused-ring (bicyclic) bond motifs is 1. The van der Waals surface area contributed by atoms with Crippen molar-refractivity contribution < 1.29 is 9.33 Å². The first-order valence-corrected chi connectivity index (χ1v) is 9.74. The van der Waals surface area contributed by atoms with Crippen LogP contribution in [-0.4, -0.2) is 23.2 Å². The van der Waals surface area contributed by atoms with Crippen LogP contribution in [0.5, 0.6) is 11.5 Å². The van der Waals surface area contributed by atoms with Crippen molar-refractivity contribution in [1.29, 1.82) is 0 Å². The zero-order valence-electron chi connectivity index (χ0n) is 15.9. The Hall–Kier alpha value is -3.18. The van der Waals surface area contributed by atoms with Crippen LogP contribution in [0.2, 0.25) is 0 Å². The van der Waals surface area contributed by atoms with Crippen LogP contribution in [0.25, 0.3) is 0 Å². The fraction of sp³-hybridized carbons (Fsp3) is 0.217. The predicted molar refractivity (Wildman–Crippen MR) is 112 cm³/mol. The van der Waals surface area contributed by atoms with E-state index in [4.69, 9.17) is 4.74 Å². The molecule has 5 nitrogen and oxygen atoms in total. The van der Waals surface area contributed by atoms with Gasteiger partial charge in [0.15, 0.2) is 6.20 Å². The van der Waals surface area contributed by atoms with E-state index in [2.05, 4.69) is 46.3 Å². The molecule has 2 aromatic rings. The smallest absolute Gasteiger partial charge is 0.225 e. The molecule has 1 atom stereocenters. The summed E-state index contributed by atoms with van der Waals surface area (Å²) >= 11 is 0. The standard InChI is InChI=1S/C23H23N4O/c1-18-14-22(28-21-8-3-2-4-9-21)10-11-23(18)26(19-6-5-7-19)27-13-12-24-15-20(27)16-25-17-27/h2-4,8-17,19H,5-7H2,1H3/q+1. The van der Waals surface area contributed by atoms with Crippen LogP contribution in [0.4, 0.5) is 5.69 Å². The van der Waals surface area contributed by atoms with E-state index in [9.17, 15) is 0 Å². The Morgan fingerprint density at radius 1 is 1.04 bits per heavy atom. The van der Waals surface area contributed by atoms with Gasteiger partial charge in [-0.3, -0.25) is 4.99 Å². The second-order valence-corrected chi connectivity index (χ2v) is 7.43. The summed E-state index contributed by atoms with van der Waals surface area (Å²) in [6, 6.07) is 16.7. The molecule has 0 spiro atoms. The highest BCUT2D eigenvalue weighted by Gasteiger charge is 2.46. The zero-order valence-corrected chi connectivity index (χ0v) is 15.9. The number of aryl methyl sites for hydroxylation is 1. The summed E-state index contributed by atoms with van der Waals surface area (Å²) in [4.78, 5) is 8.78. The molecule has 1 unspecified atom stereocenters.